The molecule has 0 aliphatic heterocycles. The standard InChI is InChI=1S/C15H20N2S/c1-11-5-7-14(12(2)10-11)15(17-16)8-6-13-4-3-9-18-13/h3-5,7,9-10,15,17H,6,8,16H2,1-2H3. The van der Waals surface area contributed by atoms with E-state index in [-0.39, 0.29) is 6.04 Å². The van der Waals surface area contributed by atoms with Crippen LogP contribution < -0.4 is 11.3 Å². The molecule has 0 bridgehead atoms. The van der Waals surface area contributed by atoms with Crippen molar-refractivity contribution in [3.8, 4) is 0 Å². The molecule has 1 unspecified atom stereocenters. The Morgan fingerprint density at radius 2 is 2.11 bits per heavy atom. The number of aryl methyl sites for hydroxylation is 3. The van der Waals surface area contributed by atoms with Gasteiger partial charge in [-0.25, -0.2) is 0 Å². The molecule has 0 amide bonds. The van der Waals surface area contributed by atoms with Crippen molar-refractivity contribution in [2.75, 3.05) is 0 Å². The van der Waals surface area contributed by atoms with Gasteiger partial charge in [0.05, 0.1) is 0 Å². The molecular formula is C15H20N2S. The number of nitrogens with two attached hydrogens (primary N) is 1. The van der Waals surface area contributed by atoms with E-state index in [2.05, 4.69) is 55.0 Å². The van der Waals surface area contributed by atoms with Gasteiger partial charge in [0.2, 0.25) is 0 Å². The number of hydrogen-bond acceptors (Lipinski definition) is 3. The minimum absolute atomic E-state index is 0.229. The predicted octanol–water partition coefficient (Wildman–Crippen LogP) is 3.50. The topological polar surface area (TPSA) is 38.0 Å². The normalized spacial score (nSPS) is 12.6. The molecule has 3 N–H and O–H groups in total. The first-order valence-electron chi connectivity index (χ1n) is 6.26. The molecule has 0 aliphatic carbocycles. The molecule has 1 atom stereocenters. The van der Waals surface area contributed by atoms with Crippen molar-refractivity contribution in [2.24, 2.45) is 5.84 Å². The van der Waals surface area contributed by atoms with E-state index in [4.69, 9.17) is 5.84 Å². The molecule has 2 nitrogen and oxygen atoms in total. The molecule has 1 aromatic heterocycles. The van der Waals surface area contributed by atoms with Crippen molar-refractivity contribution >= 4 is 11.3 Å². The third-order valence-electron chi connectivity index (χ3n) is 3.26. The van der Waals surface area contributed by atoms with Crippen LogP contribution in [0.3, 0.4) is 0 Å². The zero-order valence-corrected chi connectivity index (χ0v) is 11.8. The van der Waals surface area contributed by atoms with Gasteiger partial charge in [0.1, 0.15) is 0 Å². The minimum Gasteiger partial charge on any atom is -0.271 e. The van der Waals surface area contributed by atoms with E-state index < -0.39 is 0 Å². The lowest BCUT2D eigenvalue weighted by Crippen LogP contribution is -2.29. The number of thiophene rings is 1. The molecule has 3 heteroatoms. The summed E-state index contributed by atoms with van der Waals surface area (Å²) in [7, 11) is 0. The summed E-state index contributed by atoms with van der Waals surface area (Å²) in [5.41, 5.74) is 6.86. The highest BCUT2D eigenvalue weighted by molar-refractivity contribution is 7.09. The Morgan fingerprint density at radius 1 is 1.28 bits per heavy atom. The second-order valence-corrected chi connectivity index (χ2v) is 5.73. The molecule has 2 rings (SSSR count). The second-order valence-electron chi connectivity index (χ2n) is 4.70. The maximum Gasteiger partial charge on any atom is 0.0466 e. The van der Waals surface area contributed by atoms with Crippen LogP contribution in [0.2, 0.25) is 0 Å². The number of benzene rings is 1. The van der Waals surface area contributed by atoms with Crippen LogP contribution in [0.5, 0.6) is 0 Å². The molecular weight excluding hydrogens is 240 g/mol. The fourth-order valence-electron chi connectivity index (χ4n) is 2.29. The van der Waals surface area contributed by atoms with E-state index in [9.17, 15) is 0 Å². The van der Waals surface area contributed by atoms with Crippen LogP contribution in [-0.4, -0.2) is 0 Å². The van der Waals surface area contributed by atoms with Gasteiger partial charge in [-0.15, -0.1) is 11.3 Å². The summed E-state index contributed by atoms with van der Waals surface area (Å²) >= 11 is 1.81. The largest absolute Gasteiger partial charge is 0.271 e. The number of hydrazine groups is 1. The van der Waals surface area contributed by atoms with Crippen molar-refractivity contribution in [3.63, 3.8) is 0 Å². The molecule has 0 radical (unpaired) electrons. The maximum atomic E-state index is 5.70. The Morgan fingerprint density at radius 3 is 2.72 bits per heavy atom. The van der Waals surface area contributed by atoms with Crippen LogP contribution in [0.4, 0.5) is 0 Å². The number of nitrogens with one attached hydrogen (secondary N) is 1. The van der Waals surface area contributed by atoms with Crippen LogP contribution in [0.25, 0.3) is 0 Å². The average molecular weight is 260 g/mol. The molecule has 18 heavy (non-hydrogen) atoms. The smallest absolute Gasteiger partial charge is 0.0466 e. The molecule has 0 spiro atoms. The highest BCUT2D eigenvalue weighted by Gasteiger charge is 2.12. The Labute approximate surface area is 113 Å². The summed E-state index contributed by atoms with van der Waals surface area (Å²) in [6.45, 7) is 4.27. The lowest BCUT2D eigenvalue weighted by atomic mass is 9.96. The van der Waals surface area contributed by atoms with Gasteiger partial charge in [-0.1, -0.05) is 29.8 Å². The monoisotopic (exact) mass is 260 g/mol. The highest BCUT2D eigenvalue weighted by atomic mass is 32.1. The fraction of sp³-hybridized carbons (Fsp3) is 0.333. The Bertz CT molecular complexity index is 491. The van der Waals surface area contributed by atoms with Gasteiger partial charge in [0.25, 0.3) is 0 Å². The Hall–Kier alpha value is -1.16. The summed E-state index contributed by atoms with van der Waals surface area (Å²) in [5, 5.41) is 2.12. The van der Waals surface area contributed by atoms with Crippen LogP contribution in [0.15, 0.2) is 35.7 Å². The third-order valence-corrected chi connectivity index (χ3v) is 4.20. The summed E-state index contributed by atoms with van der Waals surface area (Å²) in [6.07, 6.45) is 2.10. The molecule has 0 saturated heterocycles. The van der Waals surface area contributed by atoms with Gasteiger partial charge in [0.15, 0.2) is 0 Å². The van der Waals surface area contributed by atoms with Crippen molar-refractivity contribution in [3.05, 3.63) is 57.3 Å². The highest BCUT2D eigenvalue weighted by Crippen LogP contribution is 2.23. The van der Waals surface area contributed by atoms with E-state index in [0.717, 1.165) is 12.8 Å². The zero-order chi connectivity index (χ0) is 13.0. The van der Waals surface area contributed by atoms with E-state index in [1.807, 2.05) is 11.3 Å². The van der Waals surface area contributed by atoms with Crippen molar-refractivity contribution in [1.29, 1.82) is 0 Å². The van der Waals surface area contributed by atoms with Gasteiger partial charge in [-0.2, -0.15) is 0 Å². The molecule has 1 heterocycles. The first-order valence-corrected chi connectivity index (χ1v) is 7.14. The van der Waals surface area contributed by atoms with Crippen LogP contribution >= 0.6 is 11.3 Å². The minimum atomic E-state index is 0.229. The summed E-state index contributed by atoms with van der Waals surface area (Å²) in [4.78, 5) is 1.42. The van der Waals surface area contributed by atoms with Crippen LogP contribution in [0.1, 0.15) is 34.0 Å². The van der Waals surface area contributed by atoms with Gasteiger partial charge < -0.3 is 0 Å². The first-order chi connectivity index (χ1) is 8.70. The second kappa shape index (κ2) is 6.14. The van der Waals surface area contributed by atoms with Crippen LogP contribution in [-0.2, 0) is 6.42 Å². The molecule has 96 valence electrons. The van der Waals surface area contributed by atoms with E-state index in [1.54, 1.807) is 0 Å². The molecule has 2 aromatic rings. The lowest BCUT2D eigenvalue weighted by molar-refractivity contribution is 0.516. The van der Waals surface area contributed by atoms with Crippen LogP contribution in [0, 0.1) is 13.8 Å². The average Bonchev–Trinajstić information content (AvgIpc) is 2.85. The van der Waals surface area contributed by atoms with E-state index in [0.29, 0.717) is 0 Å². The third kappa shape index (κ3) is 3.19. The Balaban J connectivity index is 2.08. The van der Waals surface area contributed by atoms with Gasteiger partial charge in [0, 0.05) is 10.9 Å². The van der Waals surface area contributed by atoms with Crippen molar-refractivity contribution < 1.29 is 0 Å². The first kappa shape index (κ1) is 13.3. The fourth-order valence-corrected chi connectivity index (χ4v) is 3.01. The molecule has 0 fully saturated rings. The van der Waals surface area contributed by atoms with E-state index >= 15 is 0 Å². The van der Waals surface area contributed by atoms with Crippen molar-refractivity contribution in [2.45, 2.75) is 32.7 Å². The zero-order valence-electron chi connectivity index (χ0n) is 10.9. The lowest BCUT2D eigenvalue weighted by Gasteiger charge is -2.18. The summed E-state index contributed by atoms with van der Waals surface area (Å²) < 4.78 is 0. The molecule has 0 aliphatic rings. The number of hydrogen-bond donors (Lipinski definition) is 2. The maximum absolute atomic E-state index is 5.70. The summed E-state index contributed by atoms with van der Waals surface area (Å²) in [5.74, 6) is 5.70. The predicted molar refractivity (Wildman–Crippen MR) is 78.6 cm³/mol. The van der Waals surface area contributed by atoms with Gasteiger partial charge in [-0.3, -0.25) is 11.3 Å². The van der Waals surface area contributed by atoms with Gasteiger partial charge >= 0.3 is 0 Å². The SMILES string of the molecule is Cc1ccc(C(CCc2cccs2)NN)c(C)c1. The van der Waals surface area contributed by atoms with Gasteiger partial charge in [-0.05, 0) is 49.3 Å². The summed E-state index contributed by atoms with van der Waals surface area (Å²) in [6, 6.07) is 11.1. The van der Waals surface area contributed by atoms with E-state index in [1.165, 1.54) is 21.6 Å². The molecule has 1 aromatic carbocycles. The quantitative estimate of drug-likeness (QED) is 0.638. The molecule has 0 saturated carbocycles. The number of rotatable bonds is 5. The van der Waals surface area contributed by atoms with Crippen molar-refractivity contribution in [1.82, 2.24) is 5.43 Å². The Kier molecular flexibility index (Phi) is 4.53.